The van der Waals surface area contributed by atoms with Crippen molar-refractivity contribution in [2.75, 3.05) is 22.3 Å². The van der Waals surface area contributed by atoms with Gasteiger partial charge in [-0.15, -0.1) is 10.2 Å². The molecule has 10 nitrogen and oxygen atoms in total. The van der Waals surface area contributed by atoms with Crippen molar-refractivity contribution in [3.8, 4) is 0 Å². The van der Waals surface area contributed by atoms with E-state index in [1.807, 2.05) is 24.3 Å². The number of furan rings is 1. The molecular formula is C16H14N8O2S2. The van der Waals surface area contributed by atoms with Gasteiger partial charge in [0.05, 0.1) is 28.4 Å². The van der Waals surface area contributed by atoms with Gasteiger partial charge in [0.25, 0.3) is 5.95 Å². The predicted octanol–water partition coefficient (Wildman–Crippen LogP) is 2.37. The number of hydrogen-bond acceptors (Lipinski definition) is 10. The molecular weight excluding hydrogens is 400 g/mol. The zero-order valence-corrected chi connectivity index (χ0v) is 15.9. The van der Waals surface area contributed by atoms with E-state index in [9.17, 15) is 4.79 Å². The summed E-state index contributed by atoms with van der Waals surface area (Å²) < 4.78 is 7.35. The van der Waals surface area contributed by atoms with Gasteiger partial charge in [-0.2, -0.15) is 5.10 Å². The lowest BCUT2D eigenvalue weighted by Gasteiger charge is -2.03. The highest BCUT2D eigenvalue weighted by Crippen LogP contribution is 2.25. The highest BCUT2D eigenvalue weighted by Gasteiger charge is 2.13. The number of hydrazone groups is 1. The second-order valence-electron chi connectivity index (χ2n) is 5.39. The molecule has 1 aromatic carbocycles. The SMILES string of the molecule is Nn1c(N/N=C/c2ccco2)nnc1SCC(=O)Nc1nc2ccccc2s1. The zero-order valence-electron chi connectivity index (χ0n) is 14.3. The van der Waals surface area contributed by atoms with E-state index in [-0.39, 0.29) is 17.6 Å². The van der Waals surface area contributed by atoms with Gasteiger partial charge in [-0.3, -0.25) is 4.79 Å². The van der Waals surface area contributed by atoms with Crippen molar-refractivity contribution in [3.63, 3.8) is 0 Å². The van der Waals surface area contributed by atoms with E-state index in [2.05, 4.69) is 31.0 Å². The van der Waals surface area contributed by atoms with Crippen LogP contribution in [0.4, 0.5) is 11.1 Å². The molecule has 0 aliphatic heterocycles. The number of nitrogens with two attached hydrogens (primary N) is 1. The van der Waals surface area contributed by atoms with E-state index >= 15 is 0 Å². The molecule has 0 unspecified atom stereocenters. The van der Waals surface area contributed by atoms with Gasteiger partial charge < -0.3 is 15.6 Å². The second kappa shape index (κ2) is 8.10. The minimum absolute atomic E-state index is 0.112. The lowest BCUT2D eigenvalue weighted by atomic mass is 10.3. The minimum Gasteiger partial charge on any atom is -0.463 e. The lowest BCUT2D eigenvalue weighted by molar-refractivity contribution is -0.113. The number of nitrogen functional groups attached to an aromatic ring is 1. The summed E-state index contributed by atoms with van der Waals surface area (Å²) in [6.07, 6.45) is 3.02. The number of nitrogens with one attached hydrogen (secondary N) is 2. The number of aromatic nitrogens is 4. The molecule has 4 aromatic rings. The molecule has 0 aliphatic rings. The molecule has 0 saturated heterocycles. The Balaban J connectivity index is 1.31. The number of hydrogen-bond donors (Lipinski definition) is 3. The zero-order chi connectivity index (χ0) is 19.3. The normalized spacial score (nSPS) is 11.3. The van der Waals surface area contributed by atoms with E-state index in [0.717, 1.165) is 22.0 Å². The van der Waals surface area contributed by atoms with Gasteiger partial charge >= 0.3 is 0 Å². The van der Waals surface area contributed by atoms with Crippen LogP contribution in [-0.2, 0) is 4.79 Å². The highest BCUT2D eigenvalue weighted by molar-refractivity contribution is 7.99. The van der Waals surface area contributed by atoms with Gasteiger partial charge in [0.1, 0.15) is 5.76 Å². The van der Waals surface area contributed by atoms with Gasteiger partial charge in [0, 0.05) is 0 Å². The third-order valence-corrected chi connectivity index (χ3v) is 5.33. The number of para-hydroxylation sites is 1. The number of anilines is 2. The fraction of sp³-hybridized carbons (Fsp3) is 0.0625. The number of carbonyl (C=O) groups is 1. The third-order valence-electron chi connectivity index (χ3n) is 3.44. The van der Waals surface area contributed by atoms with Crippen LogP contribution in [0.1, 0.15) is 5.76 Å². The standard InChI is InChI=1S/C16H14N8O2S2/c17-24-14(21-18-8-10-4-3-7-26-10)22-23-16(24)27-9-13(25)20-15-19-11-5-1-2-6-12(11)28-15/h1-8H,9,17H2,(H,21,22)(H,19,20,25)/b18-8+. The van der Waals surface area contributed by atoms with Crippen molar-refractivity contribution < 1.29 is 9.21 Å². The first-order chi connectivity index (χ1) is 13.7. The Hall–Kier alpha value is -3.38. The number of rotatable bonds is 7. The molecule has 0 atom stereocenters. The molecule has 12 heteroatoms. The number of amides is 1. The fourth-order valence-corrected chi connectivity index (χ4v) is 3.72. The summed E-state index contributed by atoms with van der Waals surface area (Å²) in [5.74, 6) is 6.64. The van der Waals surface area contributed by atoms with E-state index in [1.165, 1.54) is 22.2 Å². The number of thioether (sulfide) groups is 1. The first-order valence-corrected chi connectivity index (χ1v) is 9.80. The summed E-state index contributed by atoms with van der Waals surface area (Å²) in [6, 6.07) is 11.2. The molecule has 0 saturated carbocycles. The molecule has 3 aromatic heterocycles. The van der Waals surface area contributed by atoms with E-state index in [4.69, 9.17) is 10.3 Å². The van der Waals surface area contributed by atoms with Crippen LogP contribution < -0.4 is 16.6 Å². The van der Waals surface area contributed by atoms with Crippen molar-refractivity contribution in [2.45, 2.75) is 5.16 Å². The maximum Gasteiger partial charge on any atom is 0.264 e. The molecule has 0 fully saturated rings. The first-order valence-electron chi connectivity index (χ1n) is 8.00. The molecule has 3 heterocycles. The second-order valence-corrected chi connectivity index (χ2v) is 7.36. The molecule has 28 heavy (non-hydrogen) atoms. The monoisotopic (exact) mass is 414 g/mol. The molecule has 1 amide bonds. The summed E-state index contributed by atoms with van der Waals surface area (Å²) in [6.45, 7) is 0. The van der Waals surface area contributed by atoms with Crippen LogP contribution in [0, 0.1) is 0 Å². The lowest BCUT2D eigenvalue weighted by Crippen LogP contribution is -2.16. The van der Waals surface area contributed by atoms with E-state index < -0.39 is 0 Å². The minimum atomic E-state index is -0.211. The Morgan fingerprint density at radius 2 is 2.21 bits per heavy atom. The Kier molecular flexibility index (Phi) is 5.21. The molecule has 0 bridgehead atoms. The smallest absolute Gasteiger partial charge is 0.264 e. The molecule has 0 aliphatic carbocycles. The van der Waals surface area contributed by atoms with Gasteiger partial charge in [0.2, 0.25) is 11.1 Å². The average Bonchev–Trinajstić information content (AvgIpc) is 3.41. The van der Waals surface area contributed by atoms with E-state index in [1.54, 1.807) is 18.4 Å². The van der Waals surface area contributed by atoms with Crippen LogP contribution in [0.3, 0.4) is 0 Å². The molecule has 0 spiro atoms. The van der Waals surface area contributed by atoms with Crippen LogP contribution >= 0.6 is 23.1 Å². The highest BCUT2D eigenvalue weighted by atomic mass is 32.2. The van der Waals surface area contributed by atoms with Crippen LogP contribution in [-0.4, -0.2) is 37.7 Å². The maximum atomic E-state index is 12.2. The maximum absolute atomic E-state index is 12.2. The summed E-state index contributed by atoms with van der Waals surface area (Å²) in [7, 11) is 0. The summed E-state index contributed by atoms with van der Waals surface area (Å²) >= 11 is 2.57. The molecule has 4 N–H and O–H groups in total. The fourth-order valence-electron chi connectivity index (χ4n) is 2.18. The van der Waals surface area contributed by atoms with Crippen molar-refractivity contribution >= 4 is 56.5 Å². The van der Waals surface area contributed by atoms with Crippen molar-refractivity contribution in [1.29, 1.82) is 0 Å². The van der Waals surface area contributed by atoms with Crippen LogP contribution in [0.2, 0.25) is 0 Å². The largest absolute Gasteiger partial charge is 0.463 e. The van der Waals surface area contributed by atoms with Crippen molar-refractivity contribution in [3.05, 3.63) is 48.4 Å². The Bertz CT molecular complexity index is 1090. The molecule has 0 radical (unpaired) electrons. The number of thiazole rings is 1. The number of fused-ring (bicyclic) bond motifs is 1. The Morgan fingerprint density at radius 1 is 1.32 bits per heavy atom. The summed E-state index contributed by atoms with van der Waals surface area (Å²) in [5.41, 5.74) is 3.52. The van der Waals surface area contributed by atoms with E-state index in [0.29, 0.717) is 16.0 Å². The van der Waals surface area contributed by atoms with Crippen molar-refractivity contribution in [1.82, 2.24) is 19.9 Å². The van der Waals surface area contributed by atoms with Gasteiger partial charge in [-0.25, -0.2) is 15.1 Å². The van der Waals surface area contributed by atoms with Gasteiger partial charge in [-0.1, -0.05) is 35.2 Å². The predicted molar refractivity (Wildman–Crippen MR) is 109 cm³/mol. The third kappa shape index (κ3) is 4.13. The van der Waals surface area contributed by atoms with Gasteiger partial charge in [0.15, 0.2) is 5.13 Å². The topological polar surface area (TPSA) is 136 Å². The number of carbonyl (C=O) groups excluding carboxylic acids is 1. The molecule has 4 rings (SSSR count). The van der Waals surface area contributed by atoms with Crippen LogP contribution in [0.25, 0.3) is 10.2 Å². The number of benzene rings is 1. The summed E-state index contributed by atoms with van der Waals surface area (Å²) in [4.78, 5) is 16.5. The molecule has 142 valence electrons. The van der Waals surface area contributed by atoms with Crippen molar-refractivity contribution in [2.24, 2.45) is 5.10 Å². The quantitative estimate of drug-likeness (QED) is 0.181. The number of nitrogens with zero attached hydrogens (tertiary/aromatic N) is 5. The summed E-state index contributed by atoms with van der Waals surface area (Å²) in [5, 5.41) is 15.5. The first kappa shape index (κ1) is 18.0. The van der Waals surface area contributed by atoms with Crippen LogP contribution in [0.5, 0.6) is 0 Å². The Labute approximate surface area is 166 Å². The van der Waals surface area contributed by atoms with Crippen LogP contribution in [0.15, 0.2) is 57.3 Å². The average molecular weight is 414 g/mol. The van der Waals surface area contributed by atoms with Gasteiger partial charge in [-0.05, 0) is 24.3 Å². The Morgan fingerprint density at radius 3 is 3.04 bits per heavy atom.